The molecule has 0 spiro atoms. The van der Waals surface area contributed by atoms with Gasteiger partial charge in [-0.15, -0.1) is 0 Å². The van der Waals surface area contributed by atoms with Gasteiger partial charge in [0, 0.05) is 50.4 Å². The summed E-state index contributed by atoms with van der Waals surface area (Å²) in [5.74, 6) is -0.135. The molecule has 0 aliphatic heterocycles. The predicted octanol–water partition coefficient (Wildman–Crippen LogP) is 1.04. The second-order valence-electron chi connectivity index (χ2n) is 4.99. The van der Waals surface area contributed by atoms with E-state index in [9.17, 15) is 4.79 Å². The van der Waals surface area contributed by atoms with Gasteiger partial charge in [-0.05, 0) is 13.0 Å². The van der Waals surface area contributed by atoms with Crippen LogP contribution >= 0.6 is 0 Å². The van der Waals surface area contributed by atoms with E-state index in [0.717, 1.165) is 11.3 Å². The molecule has 0 aromatic carbocycles. The van der Waals surface area contributed by atoms with Gasteiger partial charge >= 0.3 is 0 Å². The number of carbonyl (C=O) groups is 1. The van der Waals surface area contributed by atoms with E-state index in [0.29, 0.717) is 17.9 Å². The molecule has 0 fully saturated rings. The number of fused-ring (bicyclic) bond motifs is 1. The molecule has 108 valence electrons. The Labute approximate surface area is 121 Å². The van der Waals surface area contributed by atoms with Crippen LogP contribution in [0.25, 0.3) is 5.65 Å². The van der Waals surface area contributed by atoms with Gasteiger partial charge in [0.05, 0.1) is 6.20 Å². The molecule has 3 heterocycles. The molecule has 3 aromatic rings. The van der Waals surface area contributed by atoms with E-state index in [1.165, 1.54) is 0 Å². The Kier molecular flexibility index (Phi) is 3.17. The van der Waals surface area contributed by atoms with Gasteiger partial charge in [-0.2, -0.15) is 10.2 Å². The zero-order valence-corrected chi connectivity index (χ0v) is 12.2. The standard InChI is InChI=1S/C14H16N6O/c1-10-11(8-16-19(10)3)9-18(2)14(21)12-7-13-15-5-4-6-20(13)17-12/h4-8H,9H2,1-3H3. The molecule has 0 saturated heterocycles. The van der Waals surface area contributed by atoms with Crippen LogP contribution in [-0.2, 0) is 13.6 Å². The highest BCUT2D eigenvalue weighted by atomic mass is 16.2. The molecule has 0 N–H and O–H groups in total. The van der Waals surface area contributed by atoms with Crippen LogP contribution < -0.4 is 0 Å². The first-order valence-electron chi connectivity index (χ1n) is 6.59. The molecular formula is C14H16N6O. The smallest absolute Gasteiger partial charge is 0.274 e. The zero-order chi connectivity index (χ0) is 15.0. The molecule has 0 bridgehead atoms. The minimum absolute atomic E-state index is 0.135. The molecule has 0 aliphatic carbocycles. The molecule has 7 heteroatoms. The lowest BCUT2D eigenvalue weighted by atomic mass is 10.2. The van der Waals surface area contributed by atoms with Crippen LogP contribution in [0.3, 0.4) is 0 Å². The van der Waals surface area contributed by atoms with Crippen molar-refractivity contribution >= 4 is 11.6 Å². The number of nitrogens with zero attached hydrogens (tertiary/aromatic N) is 6. The van der Waals surface area contributed by atoms with Crippen LogP contribution in [0.4, 0.5) is 0 Å². The molecule has 0 aliphatic rings. The van der Waals surface area contributed by atoms with Gasteiger partial charge in [-0.3, -0.25) is 9.48 Å². The molecule has 3 rings (SSSR count). The first kappa shape index (κ1) is 13.3. The van der Waals surface area contributed by atoms with Crippen LogP contribution in [0.15, 0.2) is 30.7 Å². The summed E-state index contributed by atoms with van der Waals surface area (Å²) in [5, 5.41) is 8.43. The Balaban J connectivity index is 1.82. The van der Waals surface area contributed by atoms with Crippen LogP contribution in [0.2, 0.25) is 0 Å². The average molecular weight is 284 g/mol. The lowest BCUT2D eigenvalue weighted by Crippen LogP contribution is -2.26. The number of carbonyl (C=O) groups excluding carboxylic acids is 1. The van der Waals surface area contributed by atoms with Crippen LogP contribution in [0.1, 0.15) is 21.7 Å². The summed E-state index contributed by atoms with van der Waals surface area (Å²) in [6, 6.07) is 3.46. The molecule has 0 saturated carbocycles. The van der Waals surface area contributed by atoms with Gasteiger partial charge in [0.25, 0.3) is 5.91 Å². The zero-order valence-electron chi connectivity index (χ0n) is 12.2. The summed E-state index contributed by atoms with van der Waals surface area (Å²) in [4.78, 5) is 18.2. The van der Waals surface area contributed by atoms with Crippen LogP contribution in [-0.4, -0.2) is 42.2 Å². The third-order valence-electron chi connectivity index (χ3n) is 3.55. The molecule has 0 radical (unpaired) electrons. The highest BCUT2D eigenvalue weighted by Gasteiger charge is 2.17. The van der Waals surface area contributed by atoms with Gasteiger partial charge in [0.1, 0.15) is 0 Å². The van der Waals surface area contributed by atoms with Gasteiger partial charge in [0.15, 0.2) is 11.3 Å². The molecule has 7 nitrogen and oxygen atoms in total. The largest absolute Gasteiger partial charge is 0.336 e. The van der Waals surface area contributed by atoms with E-state index >= 15 is 0 Å². The van der Waals surface area contributed by atoms with Crippen molar-refractivity contribution in [1.82, 2.24) is 29.3 Å². The molecule has 3 aromatic heterocycles. The quantitative estimate of drug-likeness (QED) is 0.720. The second-order valence-corrected chi connectivity index (χ2v) is 4.99. The Bertz CT molecular complexity index is 770. The third-order valence-corrected chi connectivity index (χ3v) is 3.55. The summed E-state index contributed by atoms with van der Waals surface area (Å²) >= 11 is 0. The van der Waals surface area contributed by atoms with E-state index in [2.05, 4.69) is 15.2 Å². The molecule has 21 heavy (non-hydrogen) atoms. The second kappa shape index (κ2) is 5.01. The fourth-order valence-electron chi connectivity index (χ4n) is 2.16. The monoisotopic (exact) mass is 284 g/mol. The minimum atomic E-state index is -0.135. The van der Waals surface area contributed by atoms with Crippen LogP contribution in [0, 0.1) is 6.92 Å². The van der Waals surface area contributed by atoms with Crippen molar-refractivity contribution in [1.29, 1.82) is 0 Å². The topological polar surface area (TPSA) is 68.3 Å². The maximum Gasteiger partial charge on any atom is 0.274 e. The molecule has 0 unspecified atom stereocenters. The summed E-state index contributed by atoms with van der Waals surface area (Å²) < 4.78 is 3.39. The van der Waals surface area contributed by atoms with Gasteiger partial charge < -0.3 is 4.90 Å². The number of rotatable bonds is 3. The van der Waals surface area contributed by atoms with Crippen molar-refractivity contribution in [3.05, 3.63) is 47.7 Å². The summed E-state index contributed by atoms with van der Waals surface area (Å²) in [6.07, 6.45) is 5.22. The van der Waals surface area contributed by atoms with E-state index in [4.69, 9.17) is 0 Å². The molecule has 0 atom stereocenters. The minimum Gasteiger partial charge on any atom is -0.336 e. The Morgan fingerprint density at radius 1 is 1.43 bits per heavy atom. The average Bonchev–Trinajstić information content (AvgIpc) is 3.04. The highest BCUT2D eigenvalue weighted by Crippen LogP contribution is 2.11. The Hall–Kier alpha value is -2.70. The number of aryl methyl sites for hydroxylation is 1. The normalized spacial score (nSPS) is 11.0. The van der Waals surface area contributed by atoms with Crippen molar-refractivity contribution < 1.29 is 4.79 Å². The fraction of sp³-hybridized carbons (Fsp3) is 0.286. The van der Waals surface area contributed by atoms with Crippen molar-refractivity contribution in [3.8, 4) is 0 Å². The van der Waals surface area contributed by atoms with E-state index in [1.807, 2.05) is 14.0 Å². The Morgan fingerprint density at radius 3 is 2.90 bits per heavy atom. The lowest BCUT2D eigenvalue weighted by Gasteiger charge is -2.15. The molecule has 1 amide bonds. The van der Waals surface area contributed by atoms with Gasteiger partial charge in [0.2, 0.25) is 0 Å². The van der Waals surface area contributed by atoms with Gasteiger partial charge in [-0.1, -0.05) is 0 Å². The van der Waals surface area contributed by atoms with E-state index in [1.54, 1.807) is 51.9 Å². The number of hydrogen-bond acceptors (Lipinski definition) is 4. The Morgan fingerprint density at radius 2 is 2.24 bits per heavy atom. The number of aromatic nitrogens is 5. The number of amides is 1. The fourth-order valence-corrected chi connectivity index (χ4v) is 2.16. The van der Waals surface area contributed by atoms with Crippen LogP contribution in [0.5, 0.6) is 0 Å². The predicted molar refractivity (Wildman–Crippen MR) is 76.7 cm³/mol. The summed E-state index contributed by atoms with van der Waals surface area (Å²) in [7, 11) is 3.64. The SMILES string of the molecule is Cc1c(CN(C)C(=O)c2cc3ncccn3n2)cnn1C. The first-order valence-corrected chi connectivity index (χ1v) is 6.59. The van der Waals surface area contributed by atoms with Crippen molar-refractivity contribution in [2.45, 2.75) is 13.5 Å². The summed E-state index contributed by atoms with van der Waals surface area (Å²) in [5.41, 5.74) is 3.12. The van der Waals surface area contributed by atoms with E-state index < -0.39 is 0 Å². The maximum atomic E-state index is 12.4. The number of hydrogen-bond donors (Lipinski definition) is 0. The van der Waals surface area contributed by atoms with Crippen molar-refractivity contribution in [2.75, 3.05) is 7.05 Å². The maximum absolute atomic E-state index is 12.4. The molecular weight excluding hydrogens is 268 g/mol. The van der Waals surface area contributed by atoms with Crippen molar-refractivity contribution in [2.24, 2.45) is 7.05 Å². The van der Waals surface area contributed by atoms with Crippen molar-refractivity contribution in [3.63, 3.8) is 0 Å². The van der Waals surface area contributed by atoms with E-state index in [-0.39, 0.29) is 5.91 Å². The highest BCUT2D eigenvalue weighted by molar-refractivity contribution is 5.93. The third kappa shape index (κ3) is 2.37. The first-order chi connectivity index (χ1) is 10.1. The summed E-state index contributed by atoms with van der Waals surface area (Å²) in [6.45, 7) is 2.48. The van der Waals surface area contributed by atoms with Gasteiger partial charge in [-0.25, -0.2) is 9.50 Å². The lowest BCUT2D eigenvalue weighted by molar-refractivity contribution is 0.0778.